The van der Waals surface area contributed by atoms with E-state index >= 15 is 0 Å². The highest BCUT2D eigenvalue weighted by molar-refractivity contribution is 5.54. The number of nitrogens with zero attached hydrogens (tertiary/aromatic N) is 1. The third-order valence-corrected chi connectivity index (χ3v) is 5.11. The molecule has 146 valence electrons. The zero-order chi connectivity index (χ0) is 19.1. The summed E-state index contributed by atoms with van der Waals surface area (Å²) >= 11 is 0. The quantitative estimate of drug-likeness (QED) is 0.806. The SMILES string of the molecule is COc1cc(C(C)N2CCCNCC2)cc(OC)c1OCc1ccccc1. The van der Waals surface area contributed by atoms with Crippen LogP contribution in [0.5, 0.6) is 17.2 Å². The Morgan fingerprint density at radius 2 is 1.70 bits per heavy atom. The van der Waals surface area contributed by atoms with Gasteiger partial charge in [-0.25, -0.2) is 0 Å². The van der Waals surface area contributed by atoms with Crippen LogP contribution >= 0.6 is 0 Å². The maximum absolute atomic E-state index is 6.06. The molecule has 3 rings (SSSR count). The molecule has 1 saturated heterocycles. The Labute approximate surface area is 162 Å². The van der Waals surface area contributed by atoms with E-state index in [0.717, 1.165) is 38.2 Å². The number of methoxy groups -OCH3 is 2. The first-order valence-electron chi connectivity index (χ1n) is 9.60. The van der Waals surface area contributed by atoms with Crippen molar-refractivity contribution in [1.29, 1.82) is 0 Å². The summed E-state index contributed by atoms with van der Waals surface area (Å²) in [4.78, 5) is 2.50. The van der Waals surface area contributed by atoms with Gasteiger partial charge in [0.2, 0.25) is 5.75 Å². The van der Waals surface area contributed by atoms with E-state index in [-0.39, 0.29) is 6.04 Å². The fraction of sp³-hybridized carbons (Fsp3) is 0.455. The fourth-order valence-corrected chi connectivity index (χ4v) is 3.48. The molecule has 1 atom stereocenters. The number of benzene rings is 2. The minimum absolute atomic E-state index is 0.288. The first kappa shape index (κ1) is 19.5. The lowest BCUT2D eigenvalue weighted by Gasteiger charge is -2.28. The van der Waals surface area contributed by atoms with Crippen LogP contribution in [0.3, 0.4) is 0 Å². The van der Waals surface area contributed by atoms with Crippen LogP contribution in [0.2, 0.25) is 0 Å². The van der Waals surface area contributed by atoms with E-state index in [0.29, 0.717) is 23.9 Å². The van der Waals surface area contributed by atoms with Crippen molar-refractivity contribution in [2.24, 2.45) is 0 Å². The van der Waals surface area contributed by atoms with E-state index < -0.39 is 0 Å². The molecule has 1 aliphatic heterocycles. The fourth-order valence-electron chi connectivity index (χ4n) is 3.48. The Kier molecular flexibility index (Phi) is 6.96. The standard InChI is InChI=1S/C22H30N2O3/c1-17(24-12-7-10-23-11-13-24)19-14-20(25-2)22(21(15-19)26-3)27-16-18-8-5-4-6-9-18/h4-6,8-9,14-15,17,23H,7,10-13,16H2,1-3H3. The summed E-state index contributed by atoms with van der Waals surface area (Å²) in [6.45, 7) is 6.95. The third-order valence-electron chi connectivity index (χ3n) is 5.11. The van der Waals surface area contributed by atoms with Gasteiger partial charge in [-0.2, -0.15) is 0 Å². The van der Waals surface area contributed by atoms with E-state index in [1.54, 1.807) is 14.2 Å². The van der Waals surface area contributed by atoms with E-state index in [1.165, 1.54) is 5.56 Å². The number of ether oxygens (including phenoxy) is 3. The normalized spacial score (nSPS) is 16.4. The first-order chi connectivity index (χ1) is 13.2. The topological polar surface area (TPSA) is 43.0 Å². The number of nitrogens with one attached hydrogen (secondary N) is 1. The molecule has 2 aromatic rings. The molecule has 0 radical (unpaired) electrons. The van der Waals surface area contributed by atoms with E-state index in [9.17, 15) is 0 Å². The molecule has 0 bridgehead atoms. The highest BCUT2D eigenvalue weighted by atomic mass is 16.5. The molecule has 0 aliphatic carbocycles. The average Bonchev–Trinajstić information content (AvgIpc) is 3.01. The van der Waals surface area contributed by atoms with Crippen LogP contribution in [-0.2, 0) is 6.61 Å². The van der Waals surface area contributed by atoms with Crippen molar-refractivity contribution in [3.8, 4) is 17.2 Å². The Bertz CT molecular complexity index is 688. The van der Waals surface area contributed by atoms with Crippen molar-refractivity contribution < 1.29 is 14.2 Å². The second-order valence-corrected chi connectivity index (χ2v) is 6.84. The van der Waals surface area contributed by atoms with Crippen LogP contribution in [0, 0.1) is 0 Å². The van der Waals surface area contributed by atoms with Crippen molar-refractivity contribution in [2.45, 2.75) is 26.0 Å². The molecule has 1 heterocycles. The van der Waals surface area contributed by atoms with E-state index in [1.807, 2.05) is 30.3 Å². The van der Waals surface area contributed by atoms with Crippen molar-refractivity contribution >= 4 is 0 Å². The van der Waals surface area contributed by atoms with Gasteiger partial charge in [-0.15, -0.1) is 0 Å². The molecule has 1 unspecified atom stereocenters. The molecule has 27 heavy (non-hydrogen) atoms. The van der Waals surface area contributed by atoms with Gasteiger partial charge in [0.15, 0.2) is 11.5 Å². The van der Waals surface area contributed by atoms with Crippen LogP contribution < -0.4 is 19.5 Å². The second kappa shape index (κ2) is 9.62. The van der Waals surface area contributed by atoms with Crippen LogP contribution in [0.25, 0.3) is 0 Å². The summed E-state index contributed by atoms with van der Waals surface area (Å²) in [6.07, 6.45) is 1.16. The summed E-state index contributed by atoms with van der Waals surface area (Å²) in [5.41, 5.74) is 2.29. The predicted octanol–water partition coefficient (Wildman–Crippen LogP) is 3.64. The molecule has 2 aromatic carbocycles. The molecular weight excluding hydrogens is 340 g/mol. The van der Waals surface area contributed by atoms with E-state index in [4.69, 9.17) is 14.2 Å². The Balaban J connectivity index is 1.82. The number of hydrogen-bond acceptors (Lipinski definition) is 5. The van der Waals surface area contributed by atoms with Crippen LogP contribution in [0.15, 0.2) is 42.5 Å². The van der Waals surface area contributed by atoms with Crippen LogP contribution in [0.1, 0.15) is 30.5 Å². The highest BCUT2D eigenvalue weighted by Crippen LogP contribution is 2.41. The minimum Gasteiger partial charge on any atom is -0.493 e. The molecular formula is C22H30N2O3. The second-order valence-electron chi connectivity index (χ2n) is 6.84. The van der Waals surface area contributed by atoms with Gasteiger partial charge in [0.25, 0.3) is 0 Å². The molecule has 0 amide bonds. The molecule has 5 heteroatoms. The minimum atomic E-state index is 0.288. The summed E-state index contributed by atoms with van der Waals surface area (Å²) in [5, 5.41) is 3.46. The number of hydrogen-bond donors (Lipinski definition) is 1. The monoisotopic (exact) mass is 370 g/mol. The molecule has 1 aliphatic rings. The first-order valence-corrected chi connectivity index (χ1v) is 9.60. The van der Waals surface area contributed by atoms with Crippen molar-refractivity contribution in [2.75, 3.05) is 40.4 Å². The largest absolute Gasteiger partial charge is 0.493 e. The van der Waals surface area contributed by atoms with E-state index in [2.05, 4.69) is 29.3 Å². The predicted molar refractivity (Wildman–Crippen MR) is 108 cm³/mol. The van der Waals surface area contributed by atoms with Crippen molar-refractivity contribution in [1.82, 2.24) is 10.2 Å². The summed E-state index contributed by atoms with van der Waals surface area (Å²) < 4.78 is 17.3. The maximum atomic E-state index is 6.06. The van der Waals surface area contributed by atoms with Crippen molar-refractivity contribution in [3.63, 3.8) is 0 Å². The lowest BCUT2D eigenvalue weighted by molar-refractivity contribution is 0.223. The van der Waals surface area contributed by atoms with Gasteiger partial charge in [-0.05, 0) is 49.7 Å². The van der Waals surface area contributed by atoms with Gasteiger partial charge < -0.3 is 19.5 Å². The van der Waals surface area contributed by atoms with Crippen LogP contribution in [0.4, 0.5) is 0 Å². The van der Waals surface area contributed by atoms with Gasteiger partial charge in [0, 0.05) is 19.1 Å². The molecule has 1 N–H and O–H groups in total. The smallest absolute Gasteiger partial charge is 0.203 e. The van der Waals surface area contributed by atoms with Crippen molar-refractivity contribution in [3.05, 3.63) is 53.6 Å². The average molecular weight is 370 g/mol. The molecule has 0 aromatic heterocycles. The zero-order valence-electron chi connectivity index (χ0n) is 16.5. The van der Waals surface area contributed by atoms with Gasteiger partial charge >= 0.3 is 0 Å². The Morgan fingerprint density at radius 1 is 1.00 bits per heavy atom. The zero-order valence-corrected chi connectivity index (χ0v) is 16.5. The Hall–Kier alpha value is -2.24. The van der Waals surface area contributed by atoms with Gasteiger partial charge in [-0.1, -0.05) is 30.3 Å². The summed E-state index contributed by atoms with van der Waals surface area (Å²) in [6, 6.07) is 14.5. The Morgan fingerprint density at radius 3 is 2.37 bits per heavy atom. The van der Waals surface area contributed by atoms with Gasteiger partial charge in [0.05, 0.1) is 14.2 Å². The molecule has 0 spiro atoms. The maximum Gasteiger partial charge on any atom is 0.203 e. The summed E-state index contributed by atoms with van der Waals surface area (Å²) in [7, 11) is 3.35. The molecule has 1 fully saturated rings. The molecule has 5 nitrogen and oxygen atoms in total. The lowest BCUT2D eigenvalue weighted by Crippen LogP contribution is -2.30. The number of rotatable bonds is 7. The third kappa shape index (κ3) is 4.93. The van der Waals surface area contributed by atoms with Gasteiger partial charge in [0.1, 0.15) is 6.61 Å². The molecule has 0 saturated carbocycles. The summed E-state index contributed by atoms with van der Waals surface area (Å²) in [5.74, 6) is 2.07. The lowest BCUT2D eigenvalue weighted by atomic mass is 10.0. The van der Waals surface area contributed by atoms with Gasteiger partial charge in [-0.3, -0.25) is 4.90 Å². The highest BCUT2D eigenvalue weighted by Gasteiger charge is 2.21. The van der Waals surface area contributed by atoms with Crippen LogP contribution in [-0.4, -0.2) is 45.3 Å².